The van der Waals surface area contributed by atoms with Gasteiger partial charge in [-0.2, -0.15) is 0 Å². The first-order valence-corrected chi connectivity index (χ1v) is 6.72. The second-order valence-corrected chi connectivity index (χ2v) is 5.44. The van der Waals surface area contributed by atoms with E-state index in [4.69, 9.17) is 11.6 Å². The Kier molecular flexibility index (Phi) is 4.19. The SMILES string of the molecule is Oc1ccc(CNc2ccc(I)cc2Cl)c(O)c1. The van der Waals surface area contributed by atoms with Crippen LogP contribution in [-0.4, -0.2) is 10.2 Å². The monoisotopic (exact) mass is 375 g/mol. The standard InChI is InChI=1S/C13H11ClINO2/c14-11-5-9(15)2-4-12(11)16-7-8-1-3-10(17)6-13(8)18/h1-6,16-18H,7H2. The molecule has 0 saturated heterocycles. The first kappa shape index (κ1) is 13.3. The number of rotatable bonds is 3. The van der Waals surface area contributed by atoms with Gasteiger partial charge in [-0.15, -0.1) is 0 Å². The van der Waals surface area contributed by atoms with E-state index in [2.05, 4.69) is 27.9 Å². The fourth-order valence-electron chi connectivity index (χ4n) is 1.53. The molecule has 0 amide bonds. The molecular formula is C13H11ClINO2. The number of anilines is 1. The molecule has 0 spiro atoms. The number of hydrogen-bond acceptors (Lipinski definition) is 3. The van der Waals surface area contributed by atoms with Crippen LogP contribution in [0.3, 0.4) is 0 Å². The van der Waals surface area contributed by atoms with Crippen molar-refractivity contribution in [1.82, 2.24) is 0 Å². The molecule has 0 aliphatic carbocycles. The smallest absolute Gasteiger partial charge is 0.124 e. The maximum Gasteiger partial charge on any atom is 0.124 e. The van der Waals surface area contributed by atoms with Gasteiger partial charge in [0.05, 0.1) is 10.7 Å². The predicted octanol–water partition coefficient (Wildman–Crippen LogP) is 3.97. The number of benzene rings is 2. The number of phenols is 2. The summed E-state index contributed by atoms with van der Waals surface area (Å²) in [4.78, 5) is 0. The van der Waals surface area contributed by atoms with Crippen LogP contribution in [0.2, 0.25) is 5.02 Å². The van der Waals surface area contributed by atoms with Gasteiger partial charge in [0.25, 0.3) is 0 Å². The van der Waals surface area contributed by atoms with E-state index in [1.807, 2.05) is 18.2 Å². The lowest BCUT2D eigenvalue weighted by Gasteiger charge is -2.10. The molecule has 2 rings (SSSR count). The van der Waals surface area contributed by atoms with Crippen molar-refractivity contribution < 1.29 is 10.2 Å². The Morgan fingerprint density at radius 1 is 1.11 bits per heavy atom. The van der Waals surface area contributed by atoms with E-state index in [0.29, 0.717) is 17.1 Å². The normalized spacial score (nSPS) is 10.3. The molecule has 0 radical (unpaired) electrons. The summed E-state index contributed by atoms with van der Waals surface area (Å²) in [5.74, 6) is 0.104. The number of phenolic OH excluding ortho intramolecular Hbond substituents is 2. The molecule has 0 unspecified atom stereocenters. The third-order valence-electron chi connectivity index (χ3n) is 2.47. The molecule has 2 aromatic carbocycles. The molecule has 18 heavy (non-hydrogen) atoms. The Bertz CT molecular complexity index is 523. The lowest BCUT2D eigenvalue weighted by Crippen LogP contribution is -2.00. The Balaban J connectivity index is 2.11. The molecule has 0 heterocycles. The molecule has 0 fully saturated rings. The fraction of sp³-hybridized carbons (Fsp3) is 0.0769. The van der Waals surface area contributed by atoms with Crippen molar-refractivity contribution in [3.63, 3.8) is 0 Å². The summed E-state index contributed by atoms with van der Waals surface area (Å²) >= 11 is 8.28. The third-order valence-corrected chi connectivity index (χ3v) is 3.45. The van der Waals surface area contributed by atoms with Crippen molar-refractivity contribution in [2.45, 2.75) is 6.54 Å². The average molecular weight is 376 g/mol. The first-order chi connectivity index (χ1) is 8.56. The topological polar surface area (TPSA) is 52.5 Å². The Hall–Kier alpha value is -1.14. The van der Waals surface area contributed by atoms with Gasteiger partial charge in [0, 0.05) is 21.7 Å². The molecule has 3 nitrogen and oxygen atoms in total. The van der Waals surface area contributed by atoms with Gasteiger partial charge in [0.15, 0.2) is 0 Å². The lowest BCUT2D eigenvalue weighted by molar-refractivity contribution is 0.446. The Morgan fingerprint density at radius 3 is 2.56 bits per heavy atom. The summed E-state index contributed by atoms with van der Waals surface area (Å²) in [6, 6.07) is 10.2. The Labute approximate surface area is 124 Å². The highest BCUT2D eigenvalue weighted by atomic mass is 127. The molecule has 0 bridgehead atoms. The van der Waals surface area contributed by atoms with E-state index < -0.39 is 0 Å². The van der Waals surface area contributed by atoms with E-state index >= 15 is 0 Å². The van der Waals surface area contributed by atoms with E-state index in [1.54, 1.807) is 6.07 Å². The van der Waals surface area contributed by atoms with E-state index in [0.717, 1.165) is 9.26 Å². The van der Waals surface area contributed by atoms with Crippen LogP contribution in [0.4, 0.5) is 5.69 Å². The summed E-state index contributed by atoms with van der Waals surface area (Å²) in [5, 5.41) is 22.6. The average Bonchev–Trinajstić information content (AvgIpc) is 2.30. The quantitative estimate of drug-likeness (QED) is 0.712. The zero-order valence-corrected chi connectivity index (χ0v) is 12.2. The van der Waals surface area contributed by atoms with Crippen LogP contribution in [0.15, 0.2) is 36.4 Å². The van der Waals surface area contributed by atoms with Crippen molar-refractivity contribution in [3.05, 3.63) is 50.6 Å². The van der Waals surface area contributed by atoms with Crippen molar-refractivity contribution in [3.8, 4) is 11.5 Å². The van der Waals surface area contributed by atoms with E-state index in [-0.39, 0.29) is 11.5 Å². The lowest BCUT2D eigenvalue weighted by atomic mass is 10.2. The van der Waals surface area contributed by atoms with Gasteiger partial charge < -0.3 is 15.5 Å². The van der Waals surface area contributed by atoms with Crippen LogP contribution in [0.25, 0.3) is 0 Å². The maximum atomic E-state index is 9.65. The summed E-state index contributed by atoms with van der Waals surface area (Å²) < 4.78 is 1.07. The van der Waals surface area contributed by atoms with Gasteiger partial charge in [-0.05, 0) is 52.9 Å². The number of aromatic hydroxyl groups is 2. The van der Waals surface area contributed by atoms with E-state index in [1.165, 1.54) is 12.1 Å². The highest BCUT2D eigenvalue weighted by Gasteiger charge is 2.04. The molecule has 2 aromatic rings. The number of hydrogen-bond donors (Lipinski definition) is 3. The molecular weight excluding hydrogens is 365 g/mol. The molecule has 94 valence electrons. The third kappa shape index (κ3) is 3.20. The predicted molar refractivity (Wildman–Crippen MR) is 81.3 cm³/mol. The van der Waals surface area contributed by atoms with Crippen molar-refractivity contribution >= 4 is 39.9 Å². The molecule has 3 N–H and O–H groups in total. The largest absolute Gasteiger partial charge is 0.508 e. The Morgan fingerprint density at radius 2 is 1.89 bits per heavy atom. The van der Waals surface area contributed by atoms with Crippen LogP contribution in [0, 0.1) is 3.57 Å². The number of halogens is 2. The molecule has 0 aliphatic rings. The van der Waals surface area contributed by atoms with Gasteiger partial charge in [-0.1, -0.05) is 11.6 Å². The van der Waals surface area contributed by atoms with Gasteiger partial charge >= 0.3 is 0 Å². The highest BCUT2D eigenvalue weighted by Crippen LogP contribution is 2.27. The van der Waals surface area contributed by atoms with Gasteiger partial charge in [-0.25, -0.2) is 0 Å². The van der Waals surface area contributed by atoms with Crippen LogP contribution in [0.1, 0.15) is 5.56 Å². The second-order valence-electron chi connectivity index (χ2n) is 3.79. The maximum absolute atomic E-state index is 9.65. The second kappa shape index (κ2) is 5.67. The minimum Gasteiger partial charge on any atom is -0.508 e. The molecule has 0 aliphatic heterocycles. The summed E-state index contributed by atoms with van der Waals surface area (Å²) in [7, 11) is 0. The fourth-order valence-corrected chi connectivity index (χ4v) is 2.45. The summed E-state index contributed by atoms with van der Waals surface area (Å²) in [6.45, 7) is 0.437. The van der Waals surface area contributed by atoms with Gasteiger partial charge in [0.2, 0.25) is 0 Å². The minimum atomic E-state index is 0.0450. The van der Waals surface area contributed by atoms with Crippen LogP contribution < -0.4 is 5.32 Å². The van der Waals surface area contributed by atoms with Crippen LogP contribution >= 0.6 is 34.2 Å². The minimum absolute atomic E-state index is 0.0450. The summed E-state index contributed by atoms with van der Waals surface area (Å²) in [5.41, 5.74) is 1.51. The van der Waals surface area contributed by atoms with E-state index in [9.17, 15) is 10.2 Å². The zero-order valence-electron chi connectivity index (χ0n) is 9.32. The van der Waals surface area contributed by atoms with Gasteiger partial charge in [-0.3, -0.25) is 0 Å². The molecule has 0 saturated carbocycles. The zero-order chi connectivity index (χ0) is 13.1. The first-order valence-electron chi connectivity index (χ1n) is 5.26. The molecule has 0 atom stereocenters. The van der Waals surface area contributed by atoms with Crippen molar-refractivity contribution in [2.75, 3.05) is 5.32 Å². The van der Waals surface area contributed by atoms with Crippen molar-refractivity contribution in [1.29, 1.82) is 0 Å². The molecule has 5 heteroatoms. The molecule has 0 aromatic heterocycles. The van der Waals surface area contributed by atoms with Crippen LogP contribution in [-0.2, 0) is 6.54 Å². The van der Waals surface area contributed by atoms with Crippen molar-refractivity contribution in [2.24, 2.45) is 0 Å². The number of nitrogens with one attached hydrogen (secondary N) is 1. The van der Waals surface area contributed by atoms with Crippen LogP contribution in [0.5, 0.6) is 11.5 Å². The summed E-state index contributed by atoms with van der Waals surface area (Å²) in [6.07, 6.45) is 0. The highest BCUT2D eigenvalue weighted by molar-refractivity contribution is 14.1. The van der Waals surface area contributed by atoms with Gasteiger partial charge in [0.1, 0.15) is 11.5 Å².